The van der Waals surface area contributed by atoms with Crippen molar-refractivity contribution in [2.45, 2.75) is 5.92 Å². The Kier molecular flexibility index (Phi) is 6.40. The van der Waals surface area contributed by atoms with Gasteiger partial charge in [0.1, 0.15) is 11.5 Å². The van der Waals surface area contributed by atoms with Crippen molar-refractivity contribution in [1.29, 1.82) is 0 Å². The van der Waals surface area contributed by atoms with Gasteiger partial charge in [0, 0.05) is 54.4 Å². The summed E-state index contributed by atoms with van der Waals surface area (Å²) in [6, 6.07) is 32.4. The minimum atomic E-state index is -0.366. The van der Waals surface area contributed by atoms with Gasteiger partial charge in [-0.3, -0.25) is 4.79 Å². The van der Waals surface area contributed by atoms with Gasteiger partial charge in [-0.05, 0) is 48.5 Å². The lowest BCUT2D eigenvalue weighted by Crippen LogP contribution is -2.50. The minimum absolute atomic E-state index is 0.108. The van der Waals surface area contributed by atoms with E-state index in [1.807, 2.05) is 108 Å². The molecule has 0 radical (unpaired) electrons. The Balaban J connectivity index is 1.09. The number of anilines is 3. The fraction of sp³-hybridized carbons (Fsp3) is 0.161. The van der Waals surface area contributed by atoms with E-state index < -0.39 is 0 Å². The summed E-state index contributed by atoms with van der Waals surface area (Å²) < 4.78 is 6.07. The highest BCUT2D eigenvalue weighted by molar-refractivity contribution is 5.99. The SMILES string of the molecule is O=C(Nc1ccccc1)Nc1ccc(N2CCN(C(=O)C3c4ccccc4Oc4ccccc43)CC2)cc1. The molecule has 0 aromatic heterocycles. The first-order valence-electron chi connectivity index (χ1n) is 12.8. The summed E-state index contributed by atoms with van der Waals surface area (Å²) in [5.74, 6) is 1.23. The molecule has 190 valence electrons. The molecule has 2 aliphatic heterocycles. The van der Waals surface area contributed by atoms with Crippen molar-refractivity contribution in [2.24, 2.45) is 0 Å². The molecule has 4 aromatic carbocycles. The van der Waals surface area contributed by atoms with Crippen LogP contribution in [0.2, 0.25) is 0 Å². The fourth-order valence-corrected chi connectivity index (χ4v) is 5.11. The molecule has 0 atom stereocenters. The van der Waals surface area contributed by atoms with Crippen LogP contribution in [0.1, 0.15) is 17.0 Å². The normalized spacial score (nSPS) is 14.6. The van der Waals surface area contributed by atoms with Crippen LogP contribution in [-0.4, -0.2) is 43.0 Å². The van der Waals surface area contributed by atoms with Crippen LogP contribution in [0.4, 0.5) is 21.9 Å². The fourth-order valence-electron chi connectivity index (χ4n) is 5.11. The van der Waals surface area contributed by atoms with Gasteiger partial charge in [-0.2, -0.15) is 0 Å². The molecule has 4 aromatic rings. The first-order chi connectivity index (χ1) is 18.7. The zero-order valence-electron chi connectivity index (χ0n) is 20.8. The molecule has 7 nitrogen and oxygen atoms in total. The number of rotatable bonds is 4. The second-order valence-corrected chi connectivity index (χ2v) is 9.42. The lowest BCUT2D eigenvalue weighted by molar-refractivity contribution is -0.132. The maximum atomic E-state index is 13.8. The monoisotopic (exact) mass is 504 g/mol. The summed E-state index contributed by atoms with van der Waals surface area (Å²) >= 11 is 0. The van der Waals surface area contributed by atoms with E-state index in [2.05, 4.69) is 15.5 Å². The van der Waals surface area contributed by atoms with E-state index in [0.29, 0.717) is 18.8 Å². The number of nitrogens with one attached hydrogen (secondary N) is 2. The van der Waals surface area contributed by atoms with Crippen LogP contribution in [0.5, 0.6) is 11.5 Å². The van der Waals surface area contributed by atoms with Gasteiger partial charge in [-0.15, -0.1) is 0 Å². The maximum Gasteiger partial charge on any atom is 0.323 e. The van der Waals surface area contributed by atoms with Gasteiger partial charge in [0.15, 0.2) is 0 Å². The van der Waals surface area contributed by atoms with Crippen molar-refractivity contribution in [3.8, 4) is 11.5 Å². The number of carbonyl (C=O) groups excluding carboxylic acids is 2. The first-order valence-corrected chi connectivity index (χ1v) is 12.8. The highest BCUT2D eigenvalue weighted by Gasteiger charge is 2.36. The predicted molar refractivity (Wildman–Crippen MR) is 149 cm³/mol. The third-order valence-electron chi connectivity index (χ3n) is 7.04. The molecular weight excluding hydrogens is 476 g/mol. The number of nitrogens with zero attached hydrogens (tertiary/aromatic N) is 2. The third kappa shape index (κ3) is 4.78. The van der Waals surface area contributed by atoms with Crippen LogP contribution in [0.15, 0.2) is 103 Å². The third-order valence-corrected chi connectivity index (χ3v) is 7.04. The Morgan fingerprint density at radius 3 is 1.76 bits per heavy atom. The van der Waals surface area contributed by atoms with Gasteiger partial charge in [-0.1, -0.05) is 54.6 Å². The van der Waals surface area contributed by atoms with E-state index in [1.54, 1.807) is 0 Å². The number of urea groups is 1. The first kappa shape index (κ1) is 23.6. The Morgan fingerprint density at radius 2 is 1.16 bits per heavy atom. The van der Waals surface area contributed by atoms with Crippen LogP contribution in [0.25, 0.3) is 0 Å². The van der Waals surface area contributed by atoms with Gasteiger partial charge in [0.05, 0.1) is 5.92 Å². The van der Waals surface area contributed by atoms with Crippen LogP contribution >= 0.6 is 0 Å². The standard InChI is InChI=1S/C31H28N4O3/c36-30(29-25-10-4-6-12-27(25)38-28-13-7-5-11-26(28)29)35-20-18-34(19-21-35)24-16-14-23(15-17-24)33-31(37)32-22-8-2-1-3-9-22/h1-17,29H,18-21H2,(H2,32,33,37). The van der Waals surface area contributed by atoms with E-state index in [-0.39, 0.29) is 17.9 Å². The van der Waals surface area contributed by atoms with Crippen molar-refractivity contribution in [3.05, 3.63) is 114 Å². The van der Waals surface area contributed by atoms with Crippen LogP contribution in [-0.2, 0) is 4.79 Å². The number of fused-ring (bicyclic) bond motifs is 2. The lowest BCUT2D eigenvalue weighted by Gasteiger charge is -2.38. The molecule has 1 fully saturated rings. The molecule has 2 heterocycles. The topological polar surface area (TPSA) is 73.9 Å². The number of benzene rings is 4. The van der Waals surface area contributed by atoms with E-state index >= 15 is 0 Å². The second-order valence-electron chi connectivity index (χ2n) is 9.42. The molecule has 2 aliphatic rings. The molecule has 0 bridgehead atoms. The molecule has 3 amide bonds. The molecule has 7 heteroatoms. The lowest BCUT2D eigenvalue weighted by atomic mass is 9.86. The van der Waals surface area contributed by atoms with Crippen molar-refractivity contribution in [3.63, 3.8) is 0 Å². The number of para-hydroxylation sites is 3. The van der Waals surface area contributed by atoms with Crippen molar-refractivity contribution in [1.82, 2.24) is 4.90 Å². The summed E-state index contributed by atoms with van der Waals surface area (Å²) in [5.41, 5.74) is 4.35. The highest BCUT2D eigenvalue weighted by atomic mass is 16.5. The number of ether oxygens (including phenoxy) is 1. The maximum absolute atomic E-state index is 13.8. The Bertz CT molecular complexity index is 1400. The summed E-state index contributed by atoms with van der Waals surface area (Å²) in [6.45, 7) is 2.75. The summed E-state index contributed by atoms with van der Waals surface area (Å²) in [4.78, 5) is 30.3. The van der Waals surface area contributed by atoms with Gasteiger partial charge in [-0.25, -0.2) is 4.79 Å². The summed E-state index contributed by atoms with van der Waals surface area (Å²) in [5, 5.41) is 5.68. The molecule has 0 aliphatic carbocycles. The van der Waals surface area contributed by atoms with E-state index in [0.717, 1.165) is 47.1 Å². The van der Waals surface area contributed by atoms with Crippen molar-refractivity contribution < 1.29 is 14.3 Å². The quantitative estimate of drug-likeness (QED) is 0.362. The number of piperazine rings is 1. The molecule has 6 rings (SSSR count). The smallest absolute Gasteiger partial charge is 0.323 e. The molecule has 1 saturated heterocycles. The van der Waals surface area contributed by atoms with Gasteiger partial charge >= 0.3 is 6.03 Å². The average molecular weight is 505 g/mol. The number of carbonyl (C=O) groups is 2. The second kappa shape index (κ2) is 10.3. The van der Waals surface area contributed by atoms with Crippen molar-refractivity contribution >= 4 is 29.0 Å². The van der Waals surface area contributed by atoms with Gasteiger partial charge < -0.3 is 25.2 Å². The largest absolute Gasteiger partial charge is 0.457 e. The number of amides is 3. The van der Waals surface area contributed by atoms with Crippen LogP contribution < -0.4 is 20.3 Å². The number of hydrogen-bond donors (Lipinski definition) is 2. The molecular formula is C31H28N4O3. The van der Waals surface area contributed by atoms with Gasteiger partial charge in [0.25, 0.3) is 0 Å². The Labute approximate surface area is 221 Å². The highest BCUT2D eigenvalue weighted by Crippen LogP contribution is 2.44. The molecule has 0 saturated carbocycles. The van der Waals surface area contributed by atoms with Crippen LogP contribution in [0, 0.1) is 0 Å². The van der Waals surface area contributed by atoms with Gasteiger partial charge in [0.2, 0.25) is 5.91 Å². The minimum Gasteiger partial charge on any atom is -0.457 e. The van der Waals surface area contributed by atoms with E-state index in [1.165, 1.54) is 0 Å². The molecule has 0 unspecified atom stereocenters. The van der Waals surface area contributed by atoms with E-state index in [9.17, 15) is 9.59 Å². The number of hydrogen-bond acceptors (Lipinski definition) is 4. The summed E-state index contributed by atoms with van der Waals surface area (Å²) in [7, 11) is 0. The summed E-state index contributed by atoms with van der Waals surface area (Å²) in [6.07, 6.45) is 0. The molecule has 0 spiro atoms. The van der Waals surface area contributed by atoms with Crippen molar-refractivity contribution in [2.75, 3.05) is 41.7 Å². The molecule has 38 heavy (non-hydrogen) atoms. The molecule has 2 N–H and O–H groups in total. The van der Waals surface area contributed by atoms with E-state index in [4.69, 9.17) is 4.74 Å². The zero-order valence-corrected chi connectivity index (χ0v) is 20.8. The van der Waals surface area contributed by atoms with Crippen LogP contribution in [0.3, 0.4) is 0 Å². The Morgan fingerprint density at radius 1 is 0.632 bits per heavy atom. The Hall–Kier alpha value is -4.78. The average Bonchev–Trinajstić information content (AvgIpc) is 2.96. The predicted octanol–water partition coefficient (Wildman–Crippen LogP) is 5.92. The zero-order chi connectivity index (χ0) is 25.9.